The molecule has 1 aromatic rings. The van der Waals surface area contributed by atoms with Gasteiger partial charge in [0.1, 0.15) is 6.54 Å². The molecule has 1 aromatic heterocycles. The van der Waals surface area contributed by atoms with E-state index in [1.165, 1.54) is 23.8 Å². The Labute approximate surface area is 109 Å². The van der Waals surface area contributed by atoms with Gasteiger partial charge in [0.2, 0.25) is 5.95 Å². The van der Waals surface area contributed by atoms with Crippen LogP contribution in [0.15, 0.2) is 17.8 Å². The van der Waals surface area contributed by atoms with E-state index in [2.05, 4.69) is 21.5 Å². The van der Waals surface area contributed by atoms with E-state index in [4.69, 9.17) is 9.84 Å². The highest BCUT2D eigenvalue weighted by Crippen LogP contribution is 2.17. The van der Waals surface area contributed by atoms with Gasteiger partial charge < -0.3 is 14.7 Å². The Bertz CT molecular complexity index is 419. The predicted octanol–water partition coefficient (Wildman–Crippen LogP) is 0.679. The maximum Gasteiger partial charge on any atom is 0.323 e. The van der Waals surface area contributed by atoms with Crippen LogP contribution in [0.1, 0.15) is 0 Å². The Morgan fingerprint density at radius 2 is 2.28 bits per heavy atom. The number of anilines is 1. The number of carboxylic acid groups (broad SMARTS) is 1. The fourth-order valence-corrected chi connectivity index (χ4v) is 1.53. The molecule has 1 heterocycles. The second-order valence-electron chi connectivity index (χ2n) is 3.17. The highest BCUT2D eigenvalue weighted by atomic mass is 32.2. The average molecular weight is 270 g/mol. The standard InChI is InChI=1S/C10H14N4O3S/c1-4-5-14(6-7(15)16)8-11-9(17-2)13-10(12-8)18-3/h4H,1,5-6H2,2-3H3,(H,15,16). The second kappa shape index (κ2) is 6.80. The largest absolute Gasteiger partial charge is 0.480 e. The number of carboxylic acids is 1. The van der Waals surface area contributed by atoms with Crippen LogP contribution in [0.2, 0.25) is 0 Å². The normalized spacial score (nSPS) is 9.89. The third-order valence-corrected chi connectivity index (χ3v) is 2.45. The molecule has 0 aromatic carbocycles. The van der Waals surface area contributed by atoms with Crippen molar-refractivity contribution in [2.24, 2.45) is 0 Å². The van der Waals surface area contributed by atoms with Crippen LogP contribution in [0, 0.1) is 0 Å². The third-order valence-electron chi connectivity index (χ3n) is 1.91. The lowest BCUT2D eigenvalue weighted by Crippen LogP contribution is -2.31. The zero-order valence-corrected chi connectivity index (χ0v) is 11.0. The molecule has 0 atom stereocenters. The summed E-state index contributed by atoms with van der Waals surface area (Å²) in [6.07, 6.45) is 3.39. The lowest BCUT2D eigenvalue weighted by molar-refractivity contribution is -0.135. The molecule has 0 saturated carbocycles. The first-order chi connectivity index (χ1) is 8.60. The van der Waals surface area contributed by atoms with Crippen molar-refractivity contribution in [2.45, 2.75) is 5.16 Å². The molecular formula is C10H14N4O3S. The van der Waals surface area contributed by atoms with Gasteiger partial charge in [-0.25, -0.2) is 0 Å². The summed E-state index contributed by atoms with van der Waals surface area (Å²) in [4.78, 5) is 24.4. The number of hydrogen-bond acceptors (Lipinski definition) is 7. The lowest BCUT2D eigenvalue weighted by atomic mass is 10.5. The van der Waals surface area contributed by atoms with E-state index >= 15 is 0 Å². The molecule has 1 N–H and O–H groups in total. The van der Waals surface area contributed by atoms with Crippen molar-refractivity contribution >= 4 is 23.7 Å². The summed E-state index contributed by atoms with van der Waals surface area (Å²) >= 11 is 1.32. The van der Waals surface area contributed by atoms with Crippen LogP contribution < -0.4 is 9.64 Å². The van der Waals surface area contributed by atoms with Crippen molar-refractivity contribution < 1.29 is 14.6 Å². The third kappa shape index (κ3) is 3.88. The highest BCUT2D eigenvalue weighted by molar-refractivity contribution is 7.98. The number of rotatable bonds is 7. The quantitative estimate of drug-likeness (QED) is 0.571. The summed E-state index contributed by atoms with van der Waals surface area (Å²) in [5, 5.41) is 9.31. The van der Waals surface area contributed by atoms with Crippen LogP contribution in [0.4, 0.5) is 5.95 Å². The Morgan fingerprint density at radius 1 is 1.56 bits per heavy atom. The number of ether oxygens (including phenoxy) is 1. The number of thioether (sulfide) groups is 1. The number of hydrogen-bond donors (Lipinski definition) is 1. The predicted molar refractivity (Wildman–Crippen MR) is 68.2 cm³/mol. The van der Waals surface area contributed by atoms with Gasteiger partial charge >= 0.3 is 12.0 Å². The first-order valence-corrected chi connectivity index (χ1v) is 6.24. The van der Waals surface area contributed by atoms with Gasteiger partial charge in [-0.15, -0.1) is 6.58 Å². The SMILES string of the molecule is C=CCN(CC(=O)O)c1nc(OC)nc(SC)n1. The molecule has 18 heavy (non-hydrogen) atoms. The van der Waals surface area contributed by atoms with E-state index in [0.29, 0.717) is 11.7 Å². The van der Waals surface area contributed by atoms with Crippen LogP contribution in [-0.2, 0) is 4.79 Å². The van der Waals surface area contributed by atoms with Crippen molar-refractivity contribution in [1.29, 1.82) is 0 Å². The minimum absolute atomic E-state index is 0.156. The smallest absolute Gasteiger partial charge is 0.323 e. The maximum atomic E-state index is 10.8. The summed E-state index contributed by atoms with van der Waals surface area (Å²) < 4.78 is 4.96. The fraction of sp³-hybridized carbons (Fsp3) is 0.400. The van der Waals surface area contributed by atoms with Crippen LogP contribution in [0.5, 0.6) is 6.01 Å². The molecule has 0 radical (unpaired) electrons. The topological polar surface area (TPSA) is 88.4 Å². The van der Waals surface area contributed by atoms with E-state index in [1.807, 2.05) is 6.26 Å². The molecule has 0 aliphatic heterocycles. The lowest BCUT2D eigenvalue weighted by Gasteiger charge is -2.18. The highest BCUT2D eigenvalue weighted by Gasteiger charge is 2.15. The minimum atomic E-state index is -0.970. The molecule has 0 fully saturated rings. The molecule has 0 bridgehead atoms. The molecule has 0 aliphatic carbocycles. The molecule has 0 saturated heterocycles. The van der Waals surface area contributed by atoms with E-state index in [-0.39, 0.29) is 18.5 Å². The van der Waals surface area contributed by atoms with Crippen molar-refractivity contribution in [3.05, 3.63) is 12.7 Å². The molecule has 0 amide bonds. The number of carbonyl (C=O) groups is 1. The minimum Gasteiger partial charge on any atom is -0.480 e. The molecule has 0 spiro atoms. The molecular weight excluding hydrogens is 256 g/mol. The molecule has 8 heteroatoms. The number of aromatic nitrogens is 3. The summed E-state index contributed by atoms with van der Waals surface area (Å²) in [6, 6.07) is 0.156. The first-order valence-electron chi connectivity index (χ1n) is 5.02. The van der Waals surface area contributed by atoms with E-state index in [1.54, 1.807) is 6.08 Å². The Balaban J connectivity index is 3.08. The van der Waals surface area contributed by atoms with Crippen LogP contribution in [0.3, 0.4) is 0 Å². The number of methoxy groups -OCH3 is 1. The van der Waals surface area contributed by atoms with Gasteiger partial charge in [-0.1, -0.05) is 17.8 Å². The summed E-state index contributed by atoms with van der Waals surface area (Å²) in [7, 11) is 1.44. The summed E-state index contributed by atoms with van der Waals surface area (Å²) in [5.74, 6) is -0.713. The Kier molecular flexibility index (Phi) is 5.37. The van der Waals surface area contributed by atoms with Gasteiger partial charge in [0.25, 0.3) is 0 Å². The van der Waals surface area contributed by atoms with Crippen molar-refractivity contribution in [2.75, 3.05) is 31.4 Å². The van der Waals surface area contributed by atoms with Crippen LogP contribution in [-0.4, -0.2) is 52.5 Å². The zero-order valence-electron chi connectivity index (χ0n) is 10.2. The van der Waals surface area contributed by atoms with Gasteiger partial charge in [0.05, 0.1) is 7.11 Å². The van der Waals surface area contributed by atoms with Crippen molar-refractivity contribution in [3.8, 4) is 6.01 Å². The zero-order chi connectivity index (χ0) is 13.5. The molecule has 1 rings (SSSR count). The van der Waals surface area contributed by atoms with Gasteiger partial charge in [0.15, 0.2) is 5.16 Å². The van der Waals surface area contributed by atoms with Crippen LogP contribution in [0.25, 0.3) is 0 Å². The Hall–Kier alpha value is -1.83. The number of nitrogens with zero attached hydrogens (tertiary/aromatic N) is 4. The van der Waals surface area contributed by atoms with Gasteiger partial charge in [0, 0.05) is 6.54 Å². The second-order valence-corrected chi connectivity index (χ2v) is 3.95. The van der Waals surface area contributed by atoms with E-state index < -0.39 is 5.97 Å². The fourth-order valence-electron chi connectivity index (χ4n) is 1.19. The summed E-state index contributed by atoms with van der Waals surface area (Å²) in [6.45, 7) is 3.69. The maximum absolute atomic E-state index is 10.8. The van der Waals surface area contributed by atoms with E-state index in [0.717, 1.165) is 0 Å². The molecule has 98 valence electrons. The van der Waals surface area contributed by atoms with Gasteiger partial charge in [-0.2, -0.15) is 15.0 Å². The number of aliphatic carboxylic acids is 1. The molecule has 7 nitrogen and oxygen atoms in total. The van der Waals surface area contributed by atoms with Crippen molar-refractivity contribution in [3.63, 3.8) is 0 Å². The van der Waals surface area contributed by atoms with Crippen molar-refractivity contribution in [1.82, 2.24) is 15.0 Å². The average Bonchev–Trinajstić information content (AvgIpc) is 2.37. The van der Waals surface area contributed by atoms with Gasteiger partial charge in [-0.3, -0.25) is 4.79 Å². The first kappa shape index (κ1) is 14.2. The molecule has 0 aliphatic rings. The van der Waals surface area contributed by atoms with E-state index in [9.17, 15) is 4.79 Å². The van der Waals surface area contributed by atoms with Gasteiger partial charge in [-0.05, 0) is 6.26 Å². The summed E-state index contributed by atoms with van der Waals surface area (Å²) in [5.41, 5.74) is 0. The molecule has 0 unspecified atom stereocenters. The monoisotopic (exact) mass is 270 g/mol. The Morgan fingerprint density at radius 3 is 2.78 bits per heavy atom. The van der Waals surface area contributed by atoms with Crippen LogP contribution >= 0.6 is 11.8 Å².